The van der Waals surface area contributed by atoms with Crippen LogP contribution in [0.4, 0.5) is 29.3 Å². The first-order chi connectivity index (χ1) is 16.7. The molecule has 1 heterocycles. The van der Waals surface area contributed by atoms with Gasteiger partial charge >= 0.3 is 12.2 Å². The molecule has 3 aromatic carbocycles. The van der Waals surface area contributed by atoms with Gasteiger partial charge in [0.05, 0.1) is 5.56 Å². The number of halogens is 3. The highest BCUT2D eigenvalue weighted by Gasteiger charge is 2.30. The molecule has 0 radical (unpaired) electrons. The monoisotopic (exact) mass is 480 g/mol. The minimum Gasteiger partial charge on any atom is -0.351 e. The molecule has 4 N–H and O–H groups in total. The number of rotatable bonds is 6. The van der Waals surface area contributed by atoms with E-state index in [1.165, 1.54) is 12.1 Å². The SMILES string of the molecule is Cc1cc(NC(=O)Nc2cccc(C(F)(F)F)c2)ccc1CCNC(=O)c1cc2ccccc2[nH]1. The van der Waals surface area contributed by atoms with Crippen LogP contribution in [0.2, 0.25) is 0 Å². The van der Waals surface area contributed by atoms with Gasteiger partial charge in [-0.1, -0.05) is 30.3 Å². The molecule has 1 aromatic heterocycles. The third-order valence-corrected chi connectivity index (χ3v) is 5.50. The maximum atomic E-state index is 12.8. The number of benzene rings is 3. The summed E-state index contributed by atoms with van der Waals surface area (Å²) in [5, 5.41) is 8.89. The van der Waals surface area contributed by atoms with Crippen molar-refractivity contribution in [1.29, 1.82) is 0 Å². The number of nitrogens with one attached hydrogen (secondary N) is 4. The van der Waals surface area contributed by atoms with E-state index in [1.54, 1.807) is 18.2 Å². The molecule has 0 fully saturated rings. The van der Waals surface area contributed by atoms with E-state index in [9.17, 15) is 22.8 Å². The summed E-state index contributed by atoms with van der Waals surface area (Å²) in [6.45, 7) is 2.31. The number of H-pyrrole nitrogens is 1. The fraction of sp³-hybridized carbons (Fsp3) is 0.154. The second-order valence-corrected chi connectivity index (χ2v) is 8.08. The Hall–Kier alpha value is -4.27. The van der Waals surface area contributed by atoms with Crippen LogP contribution < -0.4 is 16.0 Å². The van der Waals surface area contributed by atoms with Crippen LogP contribution in [0.15, 0.2) is 72.8 Å². The van der Waals surface area contributed by atoms with Crippen molar-refractivity contribution in [3.63, 3.8) is 0 Å². The van der Waals surface area contributed by atoms with Gasteiger partial charge in [-0.15, -0.1) is 0 Å². The van der Waals surface area contributed by atoms with Gasteiger partial charge in [0.2, 0.25) is 0 Å². The van der Waals surface area contributed by atoms with Crippen molar-refractivity contribution < 1.29 is 22.8 Å². The fourth-order valence-electron chi connectivity index (χ4n) is 3.72. The number of para-hydroxylation sites is 1. The van der Waals surface area contributed by atoms with Crippen LogP contribution in [0, 0.1) is 6.92 Å². The van der Waals surface area contributed by atoms with Gasteiger partial charge in [0.1, 0.15) is 5.69 Å². The average molecular weight is 480 g/mol. The standard InChI is InChI=1S/C26H23F3N4O2/c1-16-13-21(32-25(35)31-20-7-4-6-19(15-20)26(27,28)29)10-9-17(16)11-12-30-24(34)23-14-18-5-2-3-8-22(18)33-23/h2-10,13-15,33H,11-12H2,1H3,(H,30,34)(H2,31,32,35). The zero-order valence-electron chi connectivity index (χ0n) is 18.8. The highest BCUT2D eigenvalue weighted by atomic mass is 19.4. The van der Waals surface area contributed by atoms with Crippen molar-refractivity contribution in [1.82, 2.24) is 10.3 Å². The molecule has 35 heavy (non-hydrogen) atoms. The third kappa shape index (κ3) is 6.00. The Balaban J connectivity index is 1.30. The summed E-state index contributed by atoms with van der Waals surface area (Å²) in [7, 11) is 0. The van der Waals surface area contributed by atoms with E-state index in [-0.39, 0.29) is 11.6 Å². The summed E-state index contributed by atoms with van der Waals surface area (Å²) in [5.41, 5.74) is 2.98. The van der Waals surface area contributed by atoms with Crippen molar-refractivity contribution in [2.24, 2.45) is 0 Å². The van der Waals surface area contributed by atoms with Gasteiger partial charge in [0.25, 0.3) is 5.91 Å². The lowest BCUT2D eigenvalue weighted by molar-refractivity contribution is -0.137. The van der Waals surface area contributed by atoms with E-state index in [4.69, 9.17) is 0 Å². The predicted molar refractivity (Wildman–Crippen MR) is 130 cm³/mol. The number of carbonyl (C=O) groups is 2. The van der Waals surface area contributed by atoms with Crippen LogP contribution >= 0.6 is 0 Å². The van der Waals surface area contributed by atoms with Crippen LogP contribution in [0.5, 0.6) is 0 Å². The van der Waals surface area contributed by atoms with Crippen molar-refractivity contribution in [3.8, 4) is 0 Å². The van der Waals surface area contributed by atoms with E-state index < -0.39 is 17.8 Å². The second-order valence-electron chi connectivity index (χ2n) is 8.08. The number of fused-ring (bicyclic) bond motifs is 1. The van der Waals surface area contributed by atoms with Gasteiger partial charge in [-0.3, -0.25) is 4.79 Å². The van der Waals surface area contributed by atoms with Crippen molar-refractivity contribution in [3.05, 3.63) is 95.2 Å². The molecule has 0 aliphatic heterocycles. The first-order valence-corrected chi connectivity index (χ1v) is 10.9. The van der Waals surface area contributed by atoms with Gasteiger partial charge in [-0.2, -0.15) is 13.2 Å². The van der Waals surface area contributed by atoms with E-state index in [2.05, 4.69) is 20.9 Å². The van der Waals surface area contributed by atoms with E-state index >= 15 is 0 Å². The molecule has 3 amide bonds. The highest BCUT2D eigenvalue weighted by molar-refractivity contribution is 6.00. The number of aromatic nitrogens is 1. The summed E-state index contributed by atoms with van der Waals surface area (Å²) in [5.74, 6) is -0.191. The fourth-order valence-corrected chi connectivity index (χ4v) is 3.72. The lowest BCUT2D eigenvalue weighted by Crippen LogP contribution is -2.26. The van der Waals surface area contributed by atoms with Gasteiger partial charge in [-0.05, 0) is 66.9 Å². The molecular weight excluding hydrogens is 457 g/mol. The summed E-state index contributed by atoms with van der Waals surface area (Å²) >= 11 is 0. The number of hydrogen-bond acceptors (Lipinski definition) is 2. The molecule has 9 heteroatoms. The highest BCUT2D eigenvalue weighted by Crippen LogP contribution is 2.30. The largest absolute Gasteiger partial charge is 0.416 e. The summed E-state index contributed by atoms with van der Waals surface area (Å²) < 4.78 is 38.5. The molecule has 0 aliphatic rings. The van der Waals surface area contributed by atoms with Crippen molar-refractivity contribution in [2.45, 2.75) is 19.5 Å². The Morgan fingerprint density at radius 3 is 2.34 bits per heavy atom. The average Bonchev–Trinajstić information content (AvgIpc) is 3.24. The zero-order chi connectivity index (χ0) is 25.0. The number of urea groups is 1. The number of aryl methyl sites for hydroxylation is 1. The maximum absolute atomic E-state index is 12.8. The van der Waals surface area contributed by atoms with Crippen molar-refractivity contribution in [2.75, 3.05) is 17.2 Å². The molecule has 0 aliphatic carbocycles. The minimum absolute atomic E-state index is 0.0383. The Bertz CT molecular complexity index is 1350. The number of hydrogen-bond donors (Lipinski definition) is 4. The van der Waals surface area contributed by atoms with E-state index in [1.807, 2.05) is 37.3 Å². The van der Waals surface area contributed by atoms with E-state index in [0.29, 0.717) is 24.3 Å². The molecule has 180 valence electrons. The maximum Gasteiger partial charge on any atom is 0.416 e. The van der Waals surface area contributed by atoms with Gasteiger partial charge in [0.15, 0.2) is 0 Å². The van der Waals surface area contributed by atoms with Gasteiger partial charge in [0, 0.05) is 28.8 Å². The Kier molecular flexibility index (Phi) is 6.77. The number of aromatic amines is 1. The van der Waals surface area contributed by atoms with Crippen LogP contribution in [0.1, 0.15) is 27.2 Å². The first-order valence-electron chi connectivity index (χ1n) is 10.9. The number of alkyl halides is 3. The summed E-state index contributed by atoms with van der Waals surface area (Å²) in [6.07, 6.45) is -3.90. The molecule has 0 unspecified atom stereocenters. The molecule has 0 saturated carbocycles. The molecule has 0 spiro atoms. The zero-order valence-corrected chi connectivity index (χ0v) is 18.8. The second kappa shape index (κ2) is 9.92. The Morgan fingerprint density at radius 1 is 0.886 bits per heavy atom. The minimum atomic E-state index is -4.49. The molecule has 6 nitrogen and oxygen atoms in total. The topological polar surface area (TPSA) is 86.0 Å². The summed E-state index contributed by atoms with van der Waals surface area (Å²) in [6, 6.07) is 18.5. The first kappa shape index (κ1) is 23.9. The van der Waals surface area contributed by atoms with Gasteiger partial charge in [-0.25, -0.2) is 4.79 Å². The molecule has 0 bridgehead atoms. The quantitative estimate of drug-likeness (QED) is 0.268. The third-order valence-electron chi connectivity index (χ3n) is 5.50. The summed E-state index contributed by atoms with van der Waals surface area (Å²) in [4.78, 5) is 27.8. The van der Waals surface area contributed by atoms with E-state index in [0.717, 1.165) is 34.2 Å². The van der Waals surface area contributed by atoms with Crippen LogP contribution in [0.3, 0.4) is 0 Å². The lowest BCUT2D eigenvalue weighted by atomic mass is 10.0. The predicted octanol–water partition coefficient (Wildman–Crippen LogP) is 6.11. The van der Waals surface area contributed by atoms with Crippen molar-refractivity contribution >= 4 is 34.2 Å². The number of carbonyl (C=O) groups excluding carboxylic acids is 2. The number of amides is 3. The normalized spacial score (nSPS) is 11.3. The Labute approximate surface area is 199 Å². The van der Waals surface area contributed by atoms with Crippen LogP contribution in [0.25, 0.3) is 10.9 Å². The molecule has 0 atom stereocenters. The van der Waals surface area contributed by atoms with Gasteiger partial charge < -0.3 is 20.9 Å². The number of anilines is 2. The Morgan fingerprint density at radius 2 is 1.63 bits per heavy atom. The molecule has 0 saturated heterocycles. The van der Waals surface area contributed by atoms with Crippen LogP contribution in [-0.4, -0.2) is 23.5 Å². The molecule has 4 rings (SSSR count). The lowest BCUT2D eigenvalue weighted by Gasteiger charge is -2.12. The molecule has 4 aromatic rings. The smallest absolute Gasteiger partial charge is 0.351 e. The van der Waals surface area contributed by atoms with Crippen LogP contribution in [-0.2, 0) is 12.6 Å². The molecular formula is C26H23F3N4O2.